The van der Waals surface area contributed by atoms with Crippen molar-refractivity contribution in [3.05, 3.63) is 24.3 Å². The van der Waals surface area contributed by atoms with Crippen LogP contribution in [0.1, 0.15) is 32.6 Å². The van der Waals surface area contributed by atoms with Crippen LogP contribution >= 0.6 is 0 Å². The van der Waals surface area contributed by atoms with Crippen LogP contribution < -0.4 is 15.4 Å². The molecule has 1 aromatic carbocycles. The lowest BCUT2D eigenvalue weighted by atomic mass is 10.0. The minimum absolute atomic E-state index is 0.0485. The predicted octanol–water partition coefficient (Wildman–Crippen LogP) is 2.56. The first-order chi connectivity index (χ1) is 9.29. The zero-order valence-electron chi connectivity index (χ0n) is 11.4. The highest BCUT2D eigenvalue weighted by Crippen LogP contribution is 2.18. The number of amides is 1. The van der Waals surface area contributed by atoms with Crippen molar-refractivity contribution in [1.29, 1.82) is 0 Å². The van der Waals surface area contributed by atoms with Crippen LogP contribution in [0.25, 0.3) is 0 Å². The maximum Gasteiger partial charge on any atom is 0.241 e. The largest absolute Gasteiger partial charge is 0.494 e. The van der Waals surface area contributed by atoms with Crippen LogP contribution in [0.3, 0.4) is 0 Å². The molecule has 1 fully saturated rings. The topological polar surface area (TPSA) is 50.4 Å². The third-order valence-electron chi connectivity index (χ3n) is 3.20. The molecule has 1 atom stereocenters. The van der Waals surface area contributed by atoms with E-state index in [1.54, 1.807) is 0 Å². The highest BCUT2D eigenvalue weighted by Gasteiger charge is 2.20. The Labute approximate surface area is 114 Å². The zero-order chi connectivity index (χ0) is 13.5. The molecule has 2 N–H and O–H groups in total. The van der Waals surface area contributed by atoms with Gasteiger partial charge in [-0.25, -0.2) is 0 Å². The van der Waals surface area contributed by atoms with Gasteiger partial charge in [-0.3, -0.25) is 4.79 Å². The first kappa shape index (κ1) is 13.9. The molecule has 4 nitrogen and oxygen atoms in total. The summed E-state index contributed by atoms with van der Waals surface area (Å²) in [4.78, 5) is 12.1. The number of piperidine rings is 1. The van der Waals surface area contributed by atoms with Gasteiger partial charge in [0.05, 0.1) is 12.6 Å². The van der Waals surface area contributed by atoms with E-state index in [-0.39, 0.29) is 11.9 Å². The molecule has 1 amide bonds. The van der Waals surface area contributed by atoms with E-state index in [0.29, 0.717) is 6.61 Å². The molecule has 4 heteroatoms. The van der Waals surface area contributed by atoms with Crippen molar-refractivity contribution in [2.24, 2.45) is 0 Å². The van der Waals surface area contributed by atoms with E-state index in [4.69, 9.17) is 4.74 Å². The average molecular weight is 262 g/mol. The lowest BCUT2D eigenvalue weighted by Gasteiger charge is -2.22. The highest BCUT2D eigenvalue weighted by molar-refractivity contribution is 5.95. The number of nitrogens with one attached hydrogen (secondary N) is 2. The second-order valence-electron chi connectivity index (χ2n) is 4.87. The zero-order valence-corrected chi connectivity index (χ0v) is 11.4. The molecule has 104 valence electrons. The number of hydrogen-bond donors (Lipinski definition) is 2. The Kier molecular flexibility index (Phi) is 5.21. The Balaban J connectivity index is 1.92. The van der Waals surface area contributed by atoms with E-state index in [9.17, 15) is 4.79 Å². The molecule has 19 heavy (non-hydrogen) atoms. The van der Waals surface area contributed by atoms with E-state index < -0.39 is 0 Å². The summed E-state index contributed by atoms with van der Waals surface area (Å²) in [7, 11) is 0. The minimum atomic E-state index is -0.0611. The minimum Gasteiger partial charge on any atom is -0.494 e. The average Bonchev–Trinajstić information content (AvgIpc) is 2.46. The molecule has 0 radical (unpaired) electrons. The summed E-state index contributed by atoms with van der Waals surface area (Å²) in [5, 5.41) is 6.19. The third kappa shape index (κ3) is 4.24. The standard InChI is InChI=1S/C15H22N2O2/c1-2-10-19-13-7-5-6-12(11-13)17-15(18)14-8-3-4-9-16-14/h5-7,11,14,16H,2-4,8-10H2,1H3,(H,17,18)/t14-/m0/s1. The fourth-order valence-corrected chi connectivity index (χ4v) is 2.19. The summed E-state index contributed by atoms with van der Waals surface area (Å²) >= 11 is 0. The molecular weight excluding hydrogens is 240 g/mol. The van der Waals surface area contributed by atoms with Crippen LogP contribution in [-0.2, 0) is 4.79 Å². The molecule has 0 spiro atoms. The Hall–Kier alpha value is -1.55. The fourth-order valence-electron chi connectivity index (χ4n) is 2.19. The maximum atomic E-state index is 12.1. The molecule has 0 aromatic heterocycles. The van der Waals surface area contributed by atoms with Gasteiger partial charge < -0.3 is 15.4 Å². The summed E-state index contributed by atoms with van der Waals surface area (Å²) in [6, 6.07) is 7.50. The lowest BCUT2D eigenvalue weighted by molar-refractivity contribution is -0.118. The van der Waals surface area contributed by atoms with Crippen molar-refractivity contribution in [2.45, 2.75) is 38.6 Å². The number of benzene rings is 1. The molecule has 1 saturated heterocycles. The van der Waals surface area contributed by atoms with Gasteiger partial charge in [0, 0.05) is 11.8 Å². The van der Waals surface area contributed by atoms with Gasteiger partial charge in [0.2, 0.25) is 5.91 Å². The van der Waals surface area contributed by atoms with Gasteiger partial charge >= 0.3 is 0 Å². The molecule has 0 unspecified atom stereocenters. The van der Waals surface area contributed by atoms with Crippen molar-refractivity contribution in [2.75, 3.05) is 18.5 Å². The van der Waals surface area contributed by atoms with Crippen LogP contribution in [0.4, 0.5) is 5.69 Å². The van der Waals surface area contributed by atoms with Gasteiger partial charge in [-0.1, -0.05) is 19.4 Å². The molecular formula is C15H22N2O2. The van der Waals surface area contributed by atoms with Crippen molar-refractivity contribution < 1.29 is 9.53 Å². The van der Waals surface area contributed by atoms with Gasteiger partial charge in [0.1, 0.15) is 5.75 Å². The molecule has 1 aliphatic rings. The summed E-state index contributed by atoms with van der Waals surface area (Å²) in [5.41, 5.74) is 0.797. The van der Waals surface area contributed by atoms with Gasteiger partial charge in [-0.05, 0) is 37.9 Å². The maximum absolute atomic E-state index is 12.1. The quantitative estimate of drug-likeness (QED) is 0.857. The molecule has 0 saturated carbocycles. The van der Waals surface area contributed by atoms with Crippen LogP contribution in [-0.4, -0.2) is 25.1 Å². The second kappa shape index (κ2) is 7.14. The van der Waals surface area contributed by atoms with E-state index in [0.717, 1.165) is 43.7 Å². The Morgan fingerprint density at radius 3 is 3.11 bits per heavy atom. The van der Waals surface area contributed by atoms with Gasteiger partial charge in [-0.15, -0.1) is 0 Å². The first-order valence-corrected chi connectivity index (χ1v) is 7.06. The predicted molar refractivity (Wildman–Crippen MR) is 76.5 cm³/mol. The fraction of sp³-hybridized carbons (Fsp3) is 0.533. The lowest BCUT2D eigenvalue weighted by Crippen LogP contribution is -2.43. The van der Waals surface area contributed by atoms with E-state index in [1.807, 2.05) is 24.3 Å². The molecule has 0 bridgehead atoms. The Bertz CT molecular complexity index is 414. The van der Waals surface area contributed by atoms with E-state index in [1.165, 1.54) is 0 Å². The number of anilines is 1. The summed E-state index contributed by atoms with van der Waals surface area (Å²) in [5.74, 6) is 0.851. The first-order valence-electron chi connectivity index (χ1n) is 7.06. The van der Waals surface area contributed by atoms with E-state index in [2.05, 4.69) is 17.6 Å². The van der Waals surface area contributed by atoms with Gasteiger partial charge in [-0.2, -0.15) is 0 Å². The molecule has 0 aliphatic carbocycles. The van der Waals surface area contributed by atoms with Crippen molar-refractivity contribution in [3.8, 4) is 5.75 Å². The number of rotatable bonds is 5. The van der Waals surface area contributed by atoms with Crippen LogP contribution in [0.2, 0.25) is 0 Å². The number of hydrogen-bond acceptors (Lipinski definition) is 3. The van der Waals surface area contributed by atoms with Crippen LogP contribution in [0.5, 0.6) is 5.75 Å². The number of carbonyl (C=O) groups is 1. The highest BCUT2D eigenvalue weighted by atomic mass is 16.5. The normalized spacial score (nSPS) is 18.9. The molecule has 2 rings (SSSR count). The Morgan fingerprint density at radius 2 is 2.37 bits per heavy atom. The van der Waals surface area contributed by atoms with Gasteiger partial charge in [0.15, 0.2) is 0 Å². The Morgan fingerprint density at radius 1 is 1.47 bits per heavy atom. The molecule has 1 heterocycles. The molecule has 1 aromatic rings. The smallest absolute Gasteiger partial charge is 0.241 e. The monoisotopic (exact) mass is 262 g/mol. The van der Waals surface area contributed by atoms with E-state index >= 15 is 0 Å². The molecule has 1 aliphatic heterocycles. The van der Waals surface area contributed by atoms with Crippen LogP contribution in [0.15, 0.2) is 24.3 Å². The number of ether oxygens (including phenoxy) is 1. The van der Waals surface area contributed by atoms with Crippen molar-refractivity contribution in [1.82, 2.24) is 5.32 Å². The summed E-state index contributed by atoms with van der Waals surface area (Å²) in [6.45, 7) is 3.69. The summed E-state index contributed by atoms with van der Waals surface area (Å²) in [6.07, 6.45) is 4.16. The van der Waals surface area contributed by atoms with Crippen molar-refractivity contribution in [3.63, 3.8) is 0 Å². The summed E-state index contributed by atoms with van der Waals surface area (Å²) < 4.78 is 5.56. The van der Waals surface area contributed by atoms with Crippen molar-refractivity contribution >= 4 is 11.6 Å². The van der Waals surface area contributed by atoms with Gasteiger partial charge in [0.25, 0.3) is 0 Å². The second-order valence-corrected chi connectivity index (χ2v) is 4.87. The SMILES string of the molecule is CCCOc1cccc(NC(=O)[C@@H]2CCCCN2)c1. The van der Waals surface area contributed by atoms with Crippen LogP contribution in [0, 0.1) is 0 Å². The third-order valence-corrected chi connectivity index (χ3v) is 3.20. The number of carbonyl (C=O) groups excluding carboxylic acids is 1.